The standard InChI is InChI=1S/C10H13N3/c1-2-9-4-3-5-10(8-9)6-7-12-13-11/h3-5,8H,2,6-7H2,1H3. The van der Waals surface area contributed by atoms with Gasteiger partial charge in [0.25, 0.3) is 0 Å². The fourth-order valence-electron chi connectivity index (χ4n) is 1.23. The fraction of sp³-hybridized carbons (Fsp3) is 0.400. The normalized spacial score (nSPS) is 9.31. The third-order valence-corrected chi connectivity index (χ3v) is 1.96. The molecule has 0 heterocycles. The van der Waals surface area contributed by atoms with Crippen LogP contribution in [0.3, 0.4) is 0 Å². The molecule has 0 aliphatic rings. The van der Waals surface area contributed by atoms with Crippen molar-refractivity contribution in [2.45, 2.75) is 19.8 Å². The van der Waals surface area contributed by atoms with E-state index >= 15 is 0 Å². The van der Waals surface area contributed by atoms with Gasteiger partial charge in [0.05, 0.1) is 0 Å². The van der Waals surface area contributed by atoms with Gasteiger partial charge in [-0.15, -0.1) is 0 Å². The molecule has 1 rings (SSSR count). The second-order valence-electron chi connectivity index (χ2n) is 2.88. The Morgan fingerprint density at radius 1 is 1.38 bits per heavy atom. The van der Waals surface area contributed by atoms with Crippen LogP contribution in [-0.4, -0.2) is 6.54 Å². The van der Waals surface area contributed by atoms with Crippen LogP contribution in [0, 0.1) is 0 Å². The van der Waals surface area contributed by atoms with E-state index in [1.807, 2.05) is 6.07 Å². The largest absolute Gasteiger partial charge is 0.0936 e. The third kappa shape index (κ3) is 3.18. The van der Waals surface area contributed by atoms with Crippen LogP contribution in [-0.2, 0) is 12.8 Å². The zero-order chi connectivity index (χ0) is 9.52. The van der Waals surface area contributed by atoms with E-state index in [-0.39, 0.29) is 0 Å². The molecule has 68 valence electrons. The summed E-state index contributed by atoms with van der Waals surface area (Å²) in [6.45, 7) is 2.68. The van der Waals surface area contributed by atoms with Gasteiger partial charge >= 0.3 is 0 Å². The second-order valence-corrected chi connectivity index (χ2v) is 2.88. The topological polar surface area (TPSA) is 48.8 Å². The lowest BCUT2D eigenvalue weighted by molar-refractivity contribution is 0.950. The summed E-state index contributed by atoms with van der Waals surface area (Å²) < 4.78 is 0. The molecular formula is C10H13N3. The number of hydrogen-bond acceptors (Lipinski definition) is 1. The van der Waals surface area contributed by atoms with Gasteiger partial charge in [0.1, 0.15) is 0 Å². The minimum Gasteiger partial charge on any atom is -0.0936 e. The first-order valence-electron chi connectivity index (χ1n) is 4.45. The Hall–Kier alpha value is -1.47. The smallest absolute Gasteiger partial charge is 0.0298 e. The van der Waals surface area contributed by atoms with E-state index in [2.05, 4.69) is 35.1 Å². The van der Waals surface area contributed by atoms with Crippen molar-refractivity contribution >= 4 is 0 Å². The summed E-state index contributed by atoms with van der Waals surface area (Å²) in [4.78, 5) is 2.72. The van der Waals surface area contributed by atoms with E-state index in [0.29, 0.717) is 6.54 Å². The van der Waals surface area contributed by atoms with Crippen molar-refractivity contribution in [3.05, 3.63) is 45.8 Å². The van der Waals surface area contributed by atoms with Crippen molar-refractivity contribution in [3.63, 3.8) is 0 Å². The summed E-state index contributed by atoms with van der Waals surface area (Å²) in [6.07, 6.45) is 1.88. The van der Waals surface area contributed by atoms with Crippen LogP contribution in [0.2, 0.25) is 0 Å². The lowest BCUT2D eigenvalue weighted by atomic mass is 10.1. The molecule has 0 fully saturated rings. The SMILES string of the molecule is CCc1cccc(CCN=[N+]=[N-])c1. The van der Waals surface area contributed by atoms with Crippen molar-refractivity contribution in [3.8, 4) is 0 Å². The Labute approximate surface area is 78.0 Å². The maximum Gasteiger partial charge on any atom is 0.0298 e. The molecule has 0 aliphatic carbocycles. The number of rotatable bonds is 4. The molecule has 0 spiro atoms. The van der Waals surface area contributed by atoms with Crippen molar-refractivity contribution in [2.75, 3.05) is 6.54 Å². The Morgan fingerprint density at radius 2 is 2.15 bits per heavy atom. The molecule has 3 heteroatoms. The molecule has 0 bridgehead atoms. The molecule has 0 amide bonds. The van der Waals surface area contributed by atoms with Crippen LogP contribution in [0.5, 0.6) is 0 Å². The molecule has 0 atom stereocenters. The number of azide groups is 1. The fourth-order valence-corrected chi connectivity index (χ4v) is 1.23. The van der Waals surface area contributed by atoms with Crippen LogP contribution in [0.1, 0.15) is 18.1 Å². The molecule has 3 nitrogen and oxygen atoms in total. The highest BCUT2D eigenvalue weighted by Gasteiger charge is 1.93. The van der Waals surface area contributed by atoms with Gasteiger partial charge in [-0.25, -0.2) is 0 Å². The van der Waals surface area contributed by atoms with E-state index < -0.39 is 0 Å². The Morgan fingerprint density at radius 3 is 2.85 bits per heavy atom. The summed E-state index contributed by atoms with van der Waals surface area (Å²) in [7, 11) is 0. The van der Waals surface area contributed by atoms with Gasteiger partial charge in [0.2, 0.25) is 0 Å². The van der Waals surface area contributed by atoms with Crippen molar-refractivity contribution < 1.29 is 0 Å². The van der Waals surface area contributed by atoms with Gasteiger partial charge in [0, 0.05) is 11.5 Å². The summed E-state index contributed by atoms with van der Waals surface area (Å²) in [5.41, 5.74) is 10.7. The zero-order valence-electron chi connectivity index (χ0n) is 7.77. The highest BCUT2D eigenvalue weighted by atomic mass is 15.1. The summed E-state index contributed by atoms with van der Waals surface area (Å²) in [6, 6.07) is 8.38. The number of benzene rings is 1. The molecule has 13 heavy (non-hydrogen) atoms. The van der Waals surface area contributed by atoms with E-state index in [0.717, 1.165) is 12.8 Å². The number of hydrogen-bond donors (Lipinski definition) is 0. The molecule has 0 aliphatic heterocycles. The van der Waals surface area contributed by atoms with Gasteiger partial charge in [-0.05, 0) is 29.5 Å². The van der Waals surface area contributed by atoms with E-state index in [1.54, 1.807) is 0 Å². The Bertz CT molecular complexity index is 314. The molecule has 0 unspecified atom stereocenters. The van der Waals surface area contributed by atoms with Crippen molar-refractivity contribution in [1.82, 2.24) is 0 Å². The van der Waals surface area contributed by atoms with E-state index in [4.69, 9.17) is 5.53 Å². The highest BCUT2D eigenvalue weighted by molar-refractivity contribution is 5.23. The van der Waals surface area contributed by atoms with Crippen molar-refractivity contribution in [2.24, 2.45) is 5.11 Å². The zero-order valence-corrected chi connectivity index (χ0v) is 7.77. The van der Waals surface area contributed by atoms with Gasteiger partial charge in [-0.3, -0.25) is 0 Å². The second kappa shape index (κ2) is 5.22. The quantitative estimate of drug-likeness (QED) is 0.383. The molecule has 0 saturated carbocycles. The van der Waals surface area contributed by atoms with Gasteiger partial charge in [-0.2, -0.15) is 0 Å². The van der Waals surface area contributed by atoms with Gasteiger partial charge < -0.3 is 0 Å². The summed E-state index contributed by atoms with van der Waals surface area (Å²) >= 11 is 0. The molecule has 0 saturated heterocycles. The van der Waals surface area contributed by atoms with Crippen LogP contribution in [0.4, 0.5) is 0 Å². The molecule has 1 aromatic carbocycles. The minimum atomic E-state index is 0.545. The molecular weight excluding hydrogens is 162 g/mol. The first kappa shape index (κ1) is 9.62. The first-order valence-corrected chi connectivity index (χ1v) is 4.45. The average molecular weight is 175 g/mol. The minimum absolute atomic E-state index is 0.545. The van der Waals surface area contributed by atoms with E-state index in [9.17, 15) is 0 Å². The number of nitrogens with zero attached hydrogens (tertiary/aromatic N) is 3. The third-order valence-electron chi connectivity index (χ3n) is 1.96. The number of aryl methyl sites for hydroxylation is 1. The van der Waals surface area contributed by atoms with E-state index in [1.165, 1.54) is 11.1 Å². The van der Waals surface area contributed by atoms with Gasteiger partial charge in [0.15, 0.2) is 0 Å². The molecule has 0 aromatic heterocycles. The lowest BCUT2D eigenvalue weighted by Gasteiger charge is -2.00. The van der Waals surface area contributed by atoms with Gasteiger partial charge in [-0.1, -0.05) is 36.3 Å². The summed E-state index contributed by atoms with van der Waals surface area (Å²) in [5, 5.41) is 3.50. The summed E-state index contributed by atoms with van der Waals surface area (Å²) in [5.74, 6) is 0. The maximum absolute atomic E-state index is 8.10. The van der Waals surface area contributed by atoms with Crippen molar-refractivity contribution in [1.29, 1.82) is 0 Å². The molecule has 1 aromatic rings. The average Bonchev–Trinajstić information content (AvgIpc) is 2.19. The van der Waals surface area contributed by atoms with Crippen LogP contribution in [0.25, 0.3) is 10.4 Å². The maximum atomic E-state index is 8.10. The monoisotopic (exact) mass is 175 g/mol. The lowest BCUT2D eigenvalue weighted by Crippen LogP contribution is -1.90. The Kier molecular flexibility index (Phi) is 3.86. The van der Waals surface area contributed by atoms with Crippen LogP contribution in [0.15, 0.2) is 29.4 Å². The molecule has 0 radical (unpaired) electrons. The Balaban J connectivity index is 2.60. The van der Waals surface area contributed by atoms with Crippen LogP contribution >= 0.6 is 0 Å². The molecule has 0 N–H and O–H groups in total. The predicted molar refractivity (Wildman–Crippen MR) is 53.5 cm³/mol. The van der Waals surface area contributed by atoms with Crippen LogP contribution < -0.4 is 0 Å². The highest BCUT2D eigenvalue weighted by Crippen LogP contribution is 2.06. The predicted octanol–water partition coefficient (Wildman–Crippen LogP) is 3.10. The first-order chi connectivity index (χ1) is 6.36.